The Labute approximate surface area is 77.0 Å². The zero-order valence-corrected chi connectivity index (χ0v) is 8.55. The molecule has 0 aliphatic heterocycles. The van der Waals surface area contributed by atoms with Gasteiger partial charge in [-0.1, -0.05) is 45.6 Å². The Morgan fingerprint density at radius 2 is 2.00 bits per heavy atom. The smallest absolute Gasteiger partial charge is 0.0221 e. The molecule has 0 radical (unpaired) electrons. The largest absolute Gasteiger partial charge is 0.324 e. The monoisotopic (exact) mass is 169 g/mol. The highest BCUT2D eigenvalue weighted by atomic mass is 14.6. The number of rotatable bonds is 7. The molecule has 0 saturated heterocycles. The minimum absolute atomic E-state index is 0.207. The molecule has 0 amide bonds. The van der Waals surface area contributed by atoms with Gasteiger partial charge in [0, 0.05) is 6.04 Å². The highest BCUT2D eigenvalue weighted by Gasteiger charge is 2.01. The molecular formula is C11H23N. The van der Waals surface area contributed by atoms with Crippen molar-refractivity contribution in [2.24, 2.45) is 11.7 Å². The molecule has 2 atom stereocenters. The van der Waals surface area contributed by atoms with Crippen LogP contribution in [-0.4, -0.2) is 6.04 Å². The van der Waals surface area contributed by atoms with Crippen molar-refractivity contribution in [3.8, 4) is 0 Å². The third-order valence-electron chi connectivity index (χ3n) is 2.32. The van der Waals surface area contributed by atoms with Crippen molar-refractivity contribution in [3.63, 3.8) is 0 Å². The van der Waals surface area contributed by atoms with Gasteiger partial charge in [0.25, 0.3) is 0 Å². The predicted molar refractivity (Wildman–Crippen MR) is 56.1 cm³/mol. The molecule has 0 aromatic rings. The van der Waals surface area contributed by atoms with Gasteiger partial charge in [0.15, 0.2) is 0 Å². The van der Waals surface area contributed by atoms with Crippen molar-refractivity contribution in [1.82, 2.24) is 0 Å². The summed E-state index contributed by atoms with van der Waals surface area (Å²) in [6.07, 6.45) is 8.14. The fraction of sp³-hybridized carbons (Fsp3) is 0.818. The van der Waals surface area contributed by atoms with E-state index in [0.29, 0.717) is 0 Å². The molecule has 0 bridgehead atoms. The summed E-state index contributed by atoms with van der Waals surface area (Å²) in [7, 11) is 0. The molecule has 72 valence electrons. The van der Waals surface area contributed by atoms with E-state index in [1.54, 1.807) is 0 Å². The van der Waals surface area contributed by atoms with Crippen LogP contribution in [-0.2, 0) is 0 Å². The average molecular weight is 169 g/mol. The third kappa shape index (κ3) is 6.41. The minimum Gasteiger partial charge on any atom is -0.324 e. The van der Waals surface area contributed by atoms with E-state index in [0.717, 1.165) is 12.3 Å². The quantitative estimate of drug-likeness (QED) is 0.582. The van der Waals surface area contributed by atoms with Crippen LogP contribution in [0, 0.1) is 5.92 Å². The zero-order chi connectivity index (χ0) is 9.40. The van der Waals surface area contributed by atoms with Crippen LogP contribution in [0.15, 0.2) is 12.7 Å². The lowest BCUT2D eigenvalue weighted by molar-refractivity contribution is 0.454. The second kappa shape index (κ2) is 7.35. The molecule has 0 aliphatic rings. The first-order chi connectivity index (χ1) is 5.70. The highest BCUT2D eigenvalue weighted by Crippen LogP contribution is 2.14. The molecule has 0 spiro atoms. The van der Waals surface area contributed by atoms with Gasteiger partial charge in [0.05, 0.1) is 0 Å². The first kappa shape index (κ1) is 11.7. The standard InChI is InChI=1S/C11H23N/c1-4-7-10(3)8-6-9-11(12)5-2/h5,10-11H,2,4,6-9,12H2,1,3H3. The second-order valence-electron chi connectivity index (χ2n) is 3.72. The van der Waals surface area contributed by atoms with E-state index in [9.17, 15) is 0 Å². The van der Waals surface area contributed by atoms with Crippen molar-refractivity contribution in [3.05, 3.63) is 12.7 Å². The molecule has 1 nitrogen and oxygen atoms in total. The second-order valence-corrected chi connectivity index (χ2v) is 3.72. The fourth-order valence-corrected chi connectivity index (χ4v) is 1.46. The van der Waals surface area contributed by atoms with Crippen LogP contribution in [0.3, 0.4) is 0 Å². The van der Waals surface area contributed by atoms with E-state index in [1.807, 2.05) is 6.08 Å². The van der Waals surface area contributed by atoms with Gasteiger partial charge in [-0.15, -0.1) is 6.58 Å². The molecule has 2 unspecified atom stereocenters. The van der Waals surface area contributed by atoms with E-state index in [1.165, 1.54) is 25.7 Å². The summed E-state index contributed by atoms with van der Waals surface area (Å²) >= 11 is 0. The zero-order valence-electron chi connectivity index (χ0n) is 8.55. The SMILES string of the molecule is C=CC(N)CCCC(C)CCC. The summed E-state index contributed by atoms with van der Waals surface area (Å²) in [5.74, 6) is 0.868. The summed E-state index contributed by atoms with van der Waals surface area (Å²) in [4.78, 5) is 0. The van der Waals surface area contributed by atoms with E-state index in [2.05, 4.69) is 20.4 Å². The van der Waals surface area contributed by atoms with Crippen LogP contribution in [0.1, 0.15) is 46.0 Å². The van der Waals surface area contributed by atoms with E-state index in [4.69, 9.17) is 5.73 Å². The molecule has 0 fully saturated rings. The Hall–Kier alpha value is -0.300. The Balaban J connectivity index is 3.23. The lowest BCUT2D eigenvalue weighted by Gasteiger charge is -2.10. The van der Waals surface area contributed by atoms with Gasteiger partial charge in [-0.25, -0.2) is 0 Å². The summed E-state index contributed by atoms with van der Waals surface area (Å²) in [6, 6.07) is 0.207. The van der Waals surface area contributed by atoms with Crippen molar-refractivity contribution in [1.29, 1.82) is 0 Å². The average Bonchev–Trinajstić information content (AvgIpc) is 2.04. The lowest BCUT2D eigenvalue weighted by Crippen LogP contribution is -2.16. The van der Waals surface area contributed by atoms with Crippen LogP contribution < -0.4 is 5.73 Å². The molecule has 0 rings (SSSR count). The molecule has 0 saturated carbocycles. The van der Waals surface area contributed by atoms with E-state index >= 15 is 0 Å². The van der Waals surface area contributed by atoms with Crippen molar-refractivity contribution >= 4 is 0 Å². The van der Waals surface area contributed by atoms with Crippen LogP contribution in [0.5, 0.6) is 0 Å². The molecule has 1 heteroatoms. The maximum atomic E-state index is 5.72. The van der Waals surface area contributed by atoms with Crippen LogP contribution >= 0.6 is 0 Å². The lowest BCUT2D eigenvalue weighted by atomic mass is 9.98. The molecule has 0 heterocycles. The van der Waals surface area contributed by atoms with Gasteiger partial charge >= 0.3 is 0 Å². The molecule has 0 aromatic heterocycles. The van der Waals surface area contributed by atoms with Gasteiger partial charge in [-0.3, -0.25) is 0 Å². The normalized spacial score (nSPS) is 15.6. The molecule has 2 N–H and O–H groups in total. The van der Waals surface area contributed by atoms with Crippen LogP contribution in [0.2, 0.25) is 0 Å². The Kier molecular flexibility index (Phi) is 7.17. The van der Waals surface area contributed by atoms with Crippen LogP contribution in [0.25, 0.3) is 0 Å². The molecule has 12 heavy (non-hydrogen) atoms. The van der Waals surface area contributed by atoms with Crippen molar-refractivity contribution in [2.45, 2.75) is 52.0 Å². The van der Waals surface area contributed by atoms with Crippen molar-refractivity contribution < 1.29 is 0 Å². The Bertz CT molecular complexity index is 110. The Morgan fingerprint density at radius 3 is 2.50 bits per heavy atom. The summed E-state index contributed by atoms with van der Waals surface area (Å²) in [6.45, 7) is 8.23. The summed E-state index contributed by atoms with van der Waals surface area (Å²) in [5, 5.41) is 0. The fourth-order valence-electron chi connectivity index (χ4n) is 1.46. The number of nitrogens with two attached hydrogens (primary N) is 1. The van der Waals surface area contributed by atoms with Gasteiger partial charge < -0.3 is 5.73 Å². The third-order valence-corrected chi connectivity index (χ3v) is 2.32. The Morgan fingerprint density at radius 1 is 1.33 bits per heavy atom. The maximum Gasteiger partial charge on any atom is 0.0221 e. The first-order valence-electron chi connectivity index (χ1n) is 5.08. The topological polar surface area (TPSA) is 26.0 Å². The van der Waals surface area contributed by atoms with Crippen LogP contribution in [0.4, 0.5) is 0 Å². The highest BCUT2D eigenvalue weighted by molar-refractivity contribution is 4.81. The molecule has 0 aliphatic carbocycles. The number of hydrogen-bond acceptors (Lipinski definition) is 1. The van der Waals surface area contributed by atoms with Gasteiger partial charge in [-0.2, -0.15) is 0 Å². The molecule has 0 aromatic carbocycles. The van der Waals surface area contributed by atoms with E-state index < -0.39 is 0 Å². The van der Waals surface area contributed by atoms with Crippen molar-refractivity contribution in [2.75, 3.05) is 0 Å². The molecular weight excluding hydrogens is 146 g/mol. The van der Waals surface area contributed by atoms with Gasteiger partial charge in [0.2, 0.25) is 0 Å². The first-order valence-corrected chi connectivity index (χ1v) is 5.08. The minimum atomic E-state index is 0.207. The van der Waals surface area contributed by atoms with Gasteiger partial charge in [0.1, 0.15) is 0 Å². The summed E-state index contributed by atoms with van der Waals surface area (Å²) < 4.78 is 0. The predicted octanol–water partition coefficient (Wildman–Crippen LogP) is 3.11. The van der Waals surface area contributed by atoms with E-state index in [-0.39, 0.29) is 6.04 Å². The van der Waals surface area contributed by atoms with Gasteiger partial charge in [-0.05, 0) is 12.3 Å². The maximum absolute atomic E-state index is 5.72. The number of hydrogen-bond donors (Lipinski definition) is 1. The summed E-state index contributed by atoms with van der Waals surface area (Å²) in [5.41, 5.74) is 5.72.